The van der Waals surface area contributed by atoms with Gasteiger partial charge >= 0.3 is 5.97 Å². The predicted molar refractivity (Wildman–Crippen MR) is 81.6 cm³/mol. The van der Waals surface area contributed by atoms with E-state index in [2.05, 4.69) is 10.6 Å². The zero-order valence-electron chi connectivity index (χ0n) is 12.3. The van der Waals surface area contributed by atoms with Crippen LogP contribution in [0.5, 0.6) is 5.75 Å². The van der Waals surface area contributed by atoms with Crippen molar-refractivity contribution in [3.63, 3.8) is 0 Å². The molecule has 1 rings (SSSR count). The van der Waals surface area contributed by atoms with Gasteiger partial charge in [0, 0.05) is 13.6 Å². The molecule has 0 aliphatic heterocycles. The number of guanidine groups is 1. The molecule has 4 N–H and O–H groups in total. The molecule has 0 atom stereocenters. The molecule has 0 heterocycles. The van der Waals surface area contributed by atoms with Crippen LogP contribution in [0.4, 0.5) is 0 Å². The number of para-hydroxylation sites is 1. The van der Waals surface area contributed by atoms with Crippen LogP contribution in [0.25, 0.3) is 0 Å². The Hall–Kier alpha value is -2.24. The van der Waals surface area contributed by atoms with Gasteiger partial charge in [0.2, 0.25) is 0 Å². The fraction of sp³-hybridized carbons (Fsp3) is 0.467. The Bertz CT molecular complexity index is 463. The maximum atomic E-state index is 11.7. The van der Waals surface area contributed by atoms with E-state index in [1.807, 2.05) is 0 Å². The highest BCUT2D eigenvalue weighted by molar-refractivity contribution is 5.92. The highest BCUT2D eigenvalue weighted by atomic mass is 16.5. The van der Waals surface area contributed by atoms with Gasteiger partial charge in [0.05, 0.1) is 6.61 Å². The van der Waals surface area contributed by atoms with Crippen LogP contribution in [0.3, 0.4) is 0 Å². The van der Waals surface area contributed by atoms with Gasteiger partial charge in [-0.3, -0.25) is 5.41 Å². The molecule has 0 unspecified atom stereocenters. The summed E-state index contributed by atoms with van der Waals surface area (Å²) >= 11 is 0. The molecule has 0 saturated carbocycles. The number of carbonyl (C=O) groups is 1. The van der Waals surface area contributed by atoms with Crippen molar-refractivity contribution < 1.29 is 14.6 Å². The molecular formula is C15H23N3O3. The molecule has 0 spiro atoms. The van der Waals surface area contributed by atoms with E-state index in [-0.39, 0.29) is 11.3 Å². The lowest BCUT2D eigenvalue weighted by molar-refractivity contribution is 0.0494. The molecule has 0 bridgehead atoms. The Morgan fingerprint density at radius 3 is 2.67 bits per heavy atom. The van der Waals surface area contributed by atoms with E-state index in [1.54, 1.807) is 25.2 Å². The molecule has 6 heteroatoms. The number of carbonyl (C=O) groups excluding carboxylic acids is 1. The first-order valence-electron chi connectivity index (χ1n) is 7.10. The molecule has 0 radical (unpaired) electrons. The monoisotopic (exact) mass is 293 g/mol. The van der Waals surface area contributed by atoms with Crippen molar-refractivity contribution in [3.8, 4) is 5.75 Å². The van der Waals surface area contributed by atoms with E-state index in [0.29, 0.717) is 12.6 Å². The summed E-state index contributed by atoms with van der Waals surface area (Å²) in [5.41, 5.74) is 0.201. The summed E-state index contributed by atoms with van der Waals surface area (Å²) in [6, 6.07) is 6.35. The average Bonchev–Trinajstić information content (AvgIpc) is 2.49. The van der Waals surface area contributed by atoms with E-state index < -0.39 is 5.97 Å². The lowest BCUT2D eigenvalue weighted by atomic mass is 10.2. The van der Waals surface area contributed by atoms with Crippen LogP contribution in [0.1, 0.15) is 36.0 Å². The van der Waals surface area contributed by atoms with Crippen LogP contribution in [0.15, 0.2) is 24.3 Å². The zero-order chi connectivity index (χ0) is 15.5. The number of aromatic hydroxyl groups is 1. The second-order valence-electron chi connectivity index (χ2n) is 4.62. The van der Waals surface area contributed by atoms with E-state index >= 15 is 0 Å². The van der Waals surface area contributed by atoms with E-state index in [1.165, 1.54) is 6.07 Å². The number of phenolic OH excluding ortho intramolecular Hbond substituents is 1. The van der Waals surface area contributed by atoms with Crippen LogP contribution in [0.2, 0.25) is 0 Å². The molecule has 21 heavy (non-hydrogen) atoms. The van der Waals surface area contributed by atoms with Gasteiger partial charge in [0.25, 0.3) is 0 Å². The predicted octanol–water partition coefficient (Wildman–Crippen LogP) is 1.85. The third kappa shape index (κ3) is 6.65. The first-order valence-corrected chi connectivity index (χ1v) is 7.10. The molecule has 0 aliphatic rings. The lowest BCUT2D eigenvalue weighted by Crippen LogP contribution is -2.34. The van der Waals surface area contributed by atoms with Gasteiger partial charge in [0.15, 0.2) is 5.96 Å². The summed E-state index contributed by atoms with van der Waals surface area (Å²) in [6.45, 7) is 1.12. The number of nitrogens with one attached hydrogen (secondary N) is 3. The number of rotatable bonds is 8. The van der Waals surface area contributed by atoms with Gasteiger partial charge in [-0.05, 0) is 31.4 Å². The van der Waals surface area contributed by atoms with Crippen molar-refractivity contribution >= 4 is 11.9 Å². The molecule has 0 aliphatic carbocycles. The number of esters is 1. The summed E-state index contributed by atoms with van der Waals surface area (Å²) in [5.74, 6) is -0.218. The van der Waals surface area contributed by atoms with Gasteiger partial charge in [-0.1, -0.05) is 18.6 Å². The van der Waals surface area contributed by atoms with Crippen molar-refractivity contribution in [2.75, 3.05) is 20.2 Å². The van der Waals surface area contributed by atoms with Gasteiger partial charge in [0.1, 0.15) is 11.3 Å². The van der Waals surface area contributed by atoms with Crippen molar-refractivity contribution in [1.82, 2.24) is 10.6 Å². The fourth-order valence-corrected chi connectivity index (χ4v) is 1.77. The minimum absolute atomic E-state index is 0.0550. The van der Waals surface area contributed by atoms with E-state index in [9.17, 15) is 9.90 Å². The number of benzene rings is 1. The zero-order valence-corrected chi connectivity index (χ0v) is 12.3. The molecular weight excluding hydrogens is 270 g/mol. The maximum absolute atomic E-state index is 11.7. The van der Waals surface area contributed by atoms with Crippen LogP contribution in [0, 0.1) is 5.41 Å². The number of phenols is 1. The molecule has 1 aromatic rings. The Kier molecular flexibility index (Phi) is 7.71. The summed E-state index contributed by atoms with van der Waals surface area (Å²) < 4.78 is 5.11. The first kappa shape index (κ1) is 16.8. The Morgan fingerprint density at radius 1 is 1.24 bits per heavy atom. The number of unbranched alkanes of at least 4 members (excludes halogenated alkanes) is 3. The number of ether oxygens (including phenoxy) is 1. The quantitative estimate of drug-likeness (QED) is 0.254. The topological polar surface area (TPSA) is 94.4 Å². The van der Waals surface area contributed by atoms with Crippen LogP contribution < -0.4 is 10.6 Å². The molecule has 1 aromatic carbocycles. The highest BCUT2D eigenvalue weighted by Gasteiger charge is 2.10. The van der Waals surface area contributed by atoms with Crippen LogP contribution in [-0.4, -0.2) is 37.2 Å². The van der Waals surface area contributed by atoms with Crippen molar-refractivity contribution in [3.05, 3.63) is 29.8 Å². The summed E-state index contributed by atoms with van der Waals surface area (Å²) in [4.78, 5) is 11.7. The fourth-order valence-electron chi connectivity index (χ4n) is 1.77. The molecule has 6 nitrogen and oxygen atoms in total. The van der Waals surface area contributed by atoms with E-state index in [4.69, 9.17) is 10.1 Å². The molecule has 0 fully saturated rings. The molecule has 0 saturated heterocycles. The summed E-state index contributed by atoms with van der Waals surface area (Å²) in [7, 11) is 1.70. The highest BCUT2D eigenvalue weighted by Crippen LogP contribution is 2.16. The third-order valence-electron chi connectivity index (χ3n) is 2.98. The second-order valence-corrected chi connectivity index (χ2v) is 4.62. The average molecular weight is 293 g/mol. The van der Waals surface area contributed by atoms with E-state index in [0.717, 1.165) is 32.2 Å². The first-order chi connectivity index (χ1) is 10.1. The van der Waals surface area contributed by atoms with Crippen molar-refractivity contribution in [2.45, 2.75) is 25.7 Å². The maximum Gasteiger partial charge on any atom is 0.341 e. The smallest absolute Gasteiger partial charge is 0.341 e. The van der Waals surface area contributed by atoms with Gasteiger partial charge in [-0.15, -0.1) is 0 Å². The van der Waals surface area contributed by atoms with Crippen LogP contribution >= 0.6 is 0 Å². The van der Waals surface area contributed by atoms with Crippen molar-refractivity contribution in [1.29, 1.82) is 5.41 Å². The number of hydrogen-bond acceptors (Lipinski definition) is 4. The molecule has 116 valence electrons. The molecule has 0 aromatic heterocycles. The third-order valence-corrected chi connectivity index (χ3v) is 2.98. The van der Waals surface area contributed by atoms with Crippen molar-refractivity contribution in [2.24, 2.45) is 0 Å². The SMILES string of the molecule is CNC(=N)NCCCCCCOC(=O)c1ccccc1O. The van der Waals surface area contributed by atoms with Gasteiger partial charge in [-0.25, -0.2) is 4.79 Å². The van der Waals surface area contributed by atoms with Gasteiger partial charge in [-0.2, -0.15) is 0 Å². The number of hydrogen-bond donors (Lipinski definition) is 4. The minimum atomic E-state index is -0.489. The standard InChI is InChI=1S/C15H23N3O3/c1-17-15(16)18-10-6-2-3-7-11-21-14(20)12-8-4-5-9-13(12)19/h4-5,8-9,19H,2-3,6-7,10-11H2,1H3,(H3,16,17,18). The molecule has 0 amide bonds. The Labute approximate surface area is 125 Å². The largest absolute Gasteiger partial charge is 0.507 e. The normalized spacial score (nSPS) is 9.95. The van der Waals surface area contributed by atoms with Gasteiger partial charge < -0.3 is 20.5 Å². The second kappa shape index (κ2) is 9.63. The Balaban J connectivity index is 2.06. The summed E-state index contributed by atoms with van der Waals surface area (Å²) in [6.07, 6.45) is 3.74. The minimum Gasteiger partial charge on any atom is -0.507 e. The Morgan fingerprint density at radius 2 is 1.95 bits per heavy atom. The van der Waals surface area contributed by atoms with Crippen LogP contribution in [-0.2, 0) is 4.74 Å². The summed E-state index contributed by atoms with van der Waals surface area (Å²) in [5, 5.41) is 22.5. The lowest BCUT2D eigenvalue weighted by Gasteiger charge is -2.07.